The fourth-order valence-corrected chi connectivity index (χ4v) is 5.23. The topological polar surface area (TPSA) is 74.5 Å². The highest BCUT2D eigenvalue weighted by molar-refractivity contribution is 6.34. The number of benzene rings is 2. The number of aliphatic hydroxyl groups excluding tert-OH is 1. The number of carbonyl (C=O) groups excluding carboxylic acids is 1. The molecule has 166 valence electrons. The van der Waals surface area contributed by atoms with Crippen molar-refractivity contribution in [1.29, 1.82) is 0 Å². The van der Waals surface area contributed by atoms with Crippen molar-refractivity contribution >= 4 is 34.2 Å². The van der Waals surface area contributed by atoms with Crippen LogP contribution >= 0.6 is 11.6 Å². The number of aliphatic hydroxyl groups is 1. The van der Waals surface area contributed by atoms with Crippen LogP contribution in [0, 0.1) is 0 Å². The van der Waals surface area contributed by atoms with E-state index in [4.69, 9.17) is 11.6 Å². The minimum atomic E-state index is -0.424. The molecule has 1 amide bonds. The van der Waals surface area contributed by atoms with Crippen LogP contribution in [0.3, 0.4) is 0 Å². The Bertz CT molecular complexity index is 1370. The van der Waals surface area contributed by atoms with Gasteiger partial charge in [0, 0.05) is 36.8 Å². The van der Waals surface area contributed by atoms with Gasteiger partial charge in [-0.05, 0) is 36.8 Å². The standard InChI is InChI=1S/C25H22ClN5O2/c26-22-11-18(31-23-6-2-1-4-16(23)12-28-31)7-8-21(22)25(33)29-13-17-5-3-9-27-24(17)30-15-20(32)10-19(30)14-29/h1-9,11-12,19-20,32H,10,13-15H2/t19-,20+/m0/s1. The molecular weight excluding hydrogens is 438 g/mol. The highest BCUT2D eigenvalue weighted by atomic mass is 35.5. The SMILES string of the molecule is O=C(c1ccc(-n2ncc3ccccc32)cc1Cl)N1Cc2cccnc2N2C[C@H](O)C[C@H]2C1. The molecule has 7 nitrogen and oxygen atoms in total. The number of hydrogen-bond acceptors (Lipinski definition) is 5. The Morgan fingerprint density at radius 1 is 1.09 bits per heavy atom. The summed E-state index contributed by atoms with van der Waals surface area (Å²) in [4.78, 5) is 22.1. The van der Waals surface area contributed by atoms with Gasteiger partial charge in [-0.2, -0.15) is 5.10 Å². The van der Waals surface area contributed by atoms with Crippen molar-refractivity contribution in [2.24, 2.45) is 0 Å². The molecule has 0 saturated carbocycles. The second-order valence-corrected chi connectivity index (χ2v) is 9.05. The zero-order chi connectivity index (χ0) is 22.5. The van der Waals surface area contributed by atoms with Crippen molar-refractivity contribution in [2.75, 3.05) is 18.0 Å². The molecule has 0 unspecified atom stereocenters. The summed E-state index contributed by atoms with van der Waals surface area (Å²) >= 11 is 6.64. The Hall–Kier alpha value is -3.42. The molecule has 4 aromatic rings. The van der Waals surface area contributed by atoms with Crippen molar-refractivity contribution in [3.8, 4) is 5.69 Å². The number of fused-ring (bicyclic) bond motifs is 4. The summed E-state index contributed by atoms with van der Waals surface area (Å²) in [6.07, 6.45) is 3.75. The van der Waals surface area contributed by atoms with Crippen LogP contribution in [-0.2, 0) is 6.54 Å². The van der Waals surface area contributed by atoms with E-state index in [2.05, 4.69) is 15.0 Å². The minimum absolute atomic E-state index is 0.0218. The van der Waals surface area contributed by atoms with E-state index in [9.17, 15) is 9.90 Å². The van der Waals surface area contributed by atoms with Gasteiger partial charge in [0.1, 0.15) is 5.82 Å². The van der Waals surface area contributed by atoms with Crippen molar-refractivity contribution in [3.05, 3.63) is 83.1 Å². The van der Waals surface area contributed by atoms with Crippen LogP contribution in [0.15, 0.2) is 67.0 Å². The highest BCUT2D eigenvalue weighted by Crippen LogP contribution is 2.33. The van der Waals surface area contributed by atoms with Crippen LogP contribution in [0.2, 0.25) is 5.02 Å². The number of anilines is 1. The number of carbonyl (C=O) groups is 1. The first-order valence-corrected chi connectivity index (χ1v) is 11.4. The number of halogens is 1. The van der Waals surface area contributed by atoms with Crippen molar-refractivity contribution in [3.63, 3.8) is 0 Å². The Balaban J connectivity index is 1.33. The fourth-order valence-electron chi connectivity index (χ4n) is 4.97. The van der Waals surface area contributed by atoms with Gasteiger partial charge in [-0.25, -0.2) is 9.67 Å². The number of nitrogens with zero attached hydrogens (tertiary/aromatic N) is 5. The predicted molar refractivity (Wildman–Crippen MR) is 127 cm³/mol. The molecule has 8 heteroatoms. The molecule has 2 aliphatic rings. The summed E-state index contributed by atoms with van der Waals surface area (Å²) < 4.78 is 1.82. The first-order valence-electron chi connectivity index (χ1n) is 11.0. The third kappa shape index (κ3) is 3.44. The maximum Gasteiger partial charge on any atom is 0.255 e. The summed E-state index contributed by atoms with van der Waals surface area (Å²) in [5.74, 6) is 0.719. The predicted octanol–water partition coefficient (Wildman–Crippen LogP) is 3.67. The average molecular weight is 460 g/mol. The normalized spacial score (nSPS) is 19.9. The van der Waals surface area contributed by atoms with Crippen LogP contribution in [0.5, 0.6) is 0 Å². The number of amides is 1. The molecule has 0 aliphatic carbocycles. The first kappa shape index (κ1) is 20.2. The van der Waals surface area contributed by atoms with Crippen LogP contribution in [0.1, 0.15) is 22.3 Å². The lowest BCUT2D eigenvalue weighted by Gasteiger charge is -2.27. The molecule has 6 rings (SSSR count). The summed E-state index contributed by atoms with van der Waals surface area (Å²) in [6, 6.07) is 17.3. The number of aromatic nitrogens is 3. The number of para-hydroxylation sites is 1. The molecule has 0 radical (unpaired) electrons. The maximum absolute atomic E-state index is 13.6. The van der Waals surface area contributed by atoms with E-state index in [1.807, 2.05) is 58.2 Å². The van der Waals surface area contributed by atoms with Gasteiger partial charge in [0.15, 0.2) is 0 Å². The molecule has 2 aliphatic heterocycles. The molecule has 0 bridgehead atoms. The van der Waals surface area contributed by atoms with Gasteiger partial charge in [0.05, 0.1) is 40.1 Å². The van der Waals surface area contributed by atoms with E-state index < -0.39 is 6.10 Å². The molecule has 1 saturated heterocycles. The molecular formula is C25H22ClN5O2. The Labute approximate surface area is 195 Å². The van der Waals surface area contributed by atoms with Crippen molar-refractivity contribution in [2.45, 2.75) is 25.1 Å². The number of hydrogen-bond donors (Lipinski definition) is 1. The number of rotatable bonds is 2. The molecule has 0 spiro atoms. The van der Waals surface area contributed by atoms with E-state index in [-0.39, 0.29) is 11.9 Å². The smallest absolute Gasteiger partial charge is 0.255 e. The quantitative estimate of drug-likeness (QED) is 0.495. The second-order valence-electron chi connectivity index (χ2n) is 8.65. The van der Waals surface area contributed by atoms with E-state index >= 15 is 0 Å². The van der Waals surface area contributed by atoms with E-state index in [0.717, 1.165) is 28.0 Å². The molecule has 2 aromatic carbocycles. The first-order chi connectivity index (χ1) is 16.1. The number of pyridine rings is 1. The van der Waals surface area contributed by atoms with Gasteiger partial charge in [-0.3, -0.25) is 4.79 Å². The Kier molecular flexibility index (Phi) is 4.81. The molecule has 2 atom stereocenters. The molecule has 1 fully saturated rings. The second kappa shape index (κ2) is 7.86. The van der Waals surface area contributed by atoms with E-state index in [0.29, 0.717) is 36.6 Å². The molecule has 1 N–H and O–H groups in total. The third-order valence-corrected chi connectivity index (χ3v) is 6.83. The molecule has 2 aromatic heterocycles. The molecule has 4 heterocycles. The van der Waals surface area contributed by atoms with Gasteiger partial charge >= 0.3 is 0 Å². The lowest BCUT2D eigenvalue weighted by molar-refractivity contribution is 0.0733. The van der Waals surface area contributed by atoms with Gasteiger partial charge in [-0.1, -0.05) is 35.9 Å². The zero-order valence-electron chi connectivity index (χ0n) is 17.8. The minimum Gasteiger partial charge on any atom is -0.391 e. The maximum atomic E-state index is 13.6. The lowest BCUT2D eigenvalue weighted by atomic mass is 10.1. The van der Waals surface area contributed by atoms with Crippen molar-refractivity contribution in [1.82, 2.24) is 19.7 Å². The average Bonchev–Trinajstić information content (AvgIpc) is 3.38. The fraction of sp³-hybridized carbons (Fsp3) is 0.240. The third-order valence-electron chi connectivity index (χ3n) is 6.52. The van der Waals surface area contributed by atoms with Crippen molar-refractivity contribution < 1.29 is 9.90 Å². The van der Waals surface area contributed by atoms with Gasteiger partial charge in [0.25, 0.3) is 5.91 Å². The lowest BCUT2D eigenvalue weighted by Crippen LogP contribution is -2.40. The van der Waals surface area contributed by atoms with Gasteiger partial charge in [-0.15, -0.1) is 0 Å². The Morgan fingerprint density at radius 2 is 1.97 bits per heavy atom. The van der Waals surface area contributed by atoms with Crippen LogP contribution in [0.4, 0.5) is 5.82 Å². The largest absolute Gasteiger partial charge is 0.391 e. The van der Waals surface area contributed by atoms with E-state index in [1.54, 1.807) is 18.3 Å². The highest BCUT2D eigenvalue weighted by Gasteiger charge is 2.38. The van der Waals surface area contributed by atoms with Gasteiger partial charge in [0.2, 0.25) is 0 Å². The van der Waals surface area contributed by atoms with E-state index in [1.165, 1.54) is 0 Å². The Morgan fingerprint density at radius 3 is 2.85 bits per heavy atom. The molecule has 33 heavy (non-hydrogen) atoms. The van der Waals surface area contributed by atoms with Crippen LogP contribution < -0.4 is 4.90 Å². The monoisotopic (exact) mass is 459 g/mol. The summed E-state index contributed by atoms with van der Waals surface area (Å²) in [5.41, 5.74) is 3.20. The van der Waals surface area contributed by atoms with Crippen LogP contribution in [-0.4, -0.2) is 55.9 Å². The zero-order valence-corrected chi connectivity index (χ0v) is 18.6. The summed E-state index contributed by atoms with van der Waals surface area (Å²) in [6.45, 7) is 1.49. The van der Waals surface area contributed by atoms with Gasteiger partial charge < -0.3 is 14.9 Å². The summed E-state index contributed by atoms with van der Waals surface area (Å²) in [7, 11) is 0. The van der Waals surface area contributed by atoms with Crippen LogP contribution in [0.25, 0.3) is 16.6 Å². The summed E-state index contributed by atoms with van der Waals surface area (Å²) in [5, 5.41) is 16.2.